The molecule has 1 aromatic heterocycles. The lowest BCUT2D eigenvalue weighted by Gasteiger charge is -2.09. The topological polar surface area (TPSA) is 70.1 Å². The Balaban J connectivity index is 2.18. The largest absolute Gasteiger partial charge is 0.450 e. The van der Waals surface area contributed by atoms with Crippen LogP contribution in [0.15, 0.2) is 34.2 Å². The Morgan fingerprint density at radius 1 is 1.46 bits per heavy atom. The quantitative estimate of drug-likeness (QED) is 0.769. The summed E-state index contributed by atoms with van der Waals surface area (Å²) < 4.78 is 20.2. The van der Waals surface area contributed by atoms with Gasteiger partial charge in [-0.3, -0.25) is 0 Å². The molecule has 24 heavy (non-hydrogen) atoms. The minimum absolute atomic E-state index is 0.253. The molecule has 130 valence electrons. The van der Waals surface area contributed by atoms with Gasteiger partial charge in [-0.25, -0.2) is 14.2 Å². The summed E-state index contributed by atoms with van der Waals surface area (Å²) in [6, 6.07) is 6.53. The summed E-state index contributed by atoms with van der Waals surface area (Å²) in [6.45, 7) is 4.43. The van der Waals surface area contributed by atoms with Crippen LogP contribution in [0.25, 0.3) is 0 Å². The Bertz CT molecular complexity index is 716. The average molecular weight is 351 g/mol. The second-order valence-corrected chi connectivity index (χ2v) is 6.82. The van der Waals surface area contributed by atoms with E-state index in [1.54, 1.807) is 6.07 Å². The van der Waals surface area contributed by atoms with E-state index in [1.807, 2.05) is 17.7 Å². The van der Waals surface area contributed by atoms with Gasteiger partial charge in [0.2, 0.25) is 0 Å². The summed E-state index contributed by atoms with van der Waals surface area (Å²) in [5.41, 5.74) is 5.94. The van der Waals surface area contributed by atoms with Gasteiger partial charge < -0.3 is 15.0 Å². The number of halogens is 1. The Hall–Kier alpha value is -2.02. The first-order chi connectivity index (χ1) is 11.4. The molecule has 0 spiro atoms. The normalized spacial score (nSPS) is 11.0. The van der Waals surface area contributed by atoms with E-state index >= 15 is 0 Å². The highest BCUT2D eigenvalue weighted by Crippen LogP contribution is 2.34. The molecule has 0 atom stereocenters. The van der Waals surface area contributed by atoms with E-state index < -0.39 is 6.09 Å². The maximum atomic E-state index is 13.4. The number of nitrogens with two attached hydrogens (primary N) is 1. The first kappa shape index (κ1) is 18.3. The lowest BCUT2D eigenvalue weighted by molar-refractivity contribution is 0.155. The number of aryl methyl sites for hydroxylation is 1. The van der Waals surface area contributed by atoms with Gasteiger partial charge in [0.15, 0.2) is 0 Å². The van der Waals surface area contributed by atoms with E-state index in [0.717, 1.165) is 21.4 Å². The lowest BCUT2D eigenvalue weighted by Crippen LogP contribution is -2.14. The van der Waals surface area contributed by atoms with Crippen LogP contribution in [0.1, 0.15) is 37.7 Å². The predicted molar refractivity (Wildman–Crippen MR) is 91.7 cm³/mol. The molecular formula is C17H22FN3O2S. The highest BCUT2D eigenvalue weighted by Gasteiger charge is 2.18. The maximum absolute atomic E-state index is 13.4. The number of imidazole rings is 1. The number of carbonyl (C=O) groups excluding carboxylic acids is 1. The van der Waals surface area contributed by atoms with Gasteiger partial charge >= 0.3 is 6.09 Å². The van der Waals surface area contributed by atoms with Gasteiger partial charge in [-0.1, -0.05) is 31.7 Å². The number of primary amides is 1. The number of benzene rings is 1. The van der Waals surface area contributed by atoms with Crippen LogP contribution >= 0.6 is 11.8 Å². The van der Waals surface area contributed by atoms with E-state index in [9.17, 15) is 9.18 Å². The molecule has 0 aliphatic heterocycles. The van der Waals surface area contributed by atoms with E-state index in [-0.39, 0.29) is 18.3 Å². The third-order valence-electron chi connectivity index (χ3n) is 3.51. The van der Waals surface area contributed by atoms with E-state index in [1.165, 1.54) is 23.9 Å². The van der Waals surface area contributed by atoms with Crippen LogP contribution in [0.5, 0.6) is 0 Å². The van der Waals surface area contributed by atoms with Crippen molar-refractivity contribution in [1.29, 1.82) is 0 Å². The lowest BCUT2D eigenvalue weighted by atomic mass is 10.1. The first-order valence-electron chi connectivity index (χ1n) is 7.79. The summed E-state index contributed by atoms with van der Waals surface area (Å²) in [5.74, 6) is 0.908. The fourth-order valence-electron chi connectivity index (χ4n) is 2.32. The fraction of sp³-hybridized carbons (Fsp3) is 0.412. The van der Waals surface area contributed by atoms with Crippen molar-refractivity contribution in [3.05, 3.63) is 41.6 Å². The zero-order valence-electron chi connectivity index (χ0n) is 14.1. The van der Waals surface area contributed by atoms with Crippen LogP contribution in [0.2, 0.25) is 0 Å². The third-order valence-corrected chi connectivity index (χ3v) is 4.67. The van der Waals surface area contributed by atoms with Gasteiger partial charge in [0.1, 0.15) is 16.7 Å². The molecule has 2 aromatic rings. The fourth-order valence-corrected chi connectivity index (χ4v) is 3.49. The van der Waals surface area contributed by atoms with Gasteiger partial charge in [0.05, 0.1) is 12.3 Å². The van der Waals surface area contributed by atoms with Crippen molar-refractivity contribution in [3.8, 4) is 0 Å². The van der Waals surface area contributed by atoms with Crippen molar-refractivity contribution in [2.24, 2.45) is 12.8 Å². The number of hydrogen-bond donors (Lipinski definition) is 1. The summed E-state index contributed by atoms with van der Waals surface area (Å²) in [5, 5.41) is 1.00. The van der Waals surface area contributed by atoms with Gasteiger partial charge in [-0.2, -0.15) is 0 Å². The molecule has 5 nitrogen and oxygen atoms in total. The first-order valence-corrected chi connectivity index (χ1v) is 8.61. The van der Waals surface area contributed by atoms with Crippen LogP contribution in [0.4, 0.5) is 9.18 Å². The average Bonchev–Trinajstić information content (AvgIpc) is 2.81. The molecule has 0 radical (unpaired) electrons. The summed E-state index contributed by atoms with van der Waals surface area (Å²) in [7, 11) is 1.95. The molecule has 0 saturated carbocycles. The van der Waals surface area contributed by atoms with E-state index in [2.05, 4.69) is 13.8 Å². The third kappa shape index (κ3) is 4.74. The second kappa shape index (κ2) is 8.19. The zero-order valence-corrected chi connectivity index (χ0v) is 14.9. The van der Waals surface area contributed by atoms with Gasteiger partial charge in [-0.05, 0) is 30.5 Å². The second-order valence-electron chi connectivity index (χ2n) is 5.76. The number of nitrogens with zero attached hydrogens (tertiary/aromatic N) is 2. The van der Waals surface area contributed by atoms with Crippen molar-refractivity contribution in [2.45, 2.75) is 42.5 Å². The minimum atomic E-state index is -0.764. The molecule has 1 heterocycles. The van der Waals surface area contributed by atoms with Crippen LogP contribution in [-0.2, 0) is 18.2 Å². The molecule has 0 saturated heterocycles. The summed E-state index contributed by atoms with van der Waals surface area (Å²) in [6.07, 6.45) is 0.558. The van der Waals surface area contributed by atoms with Crippen LogP contribution in [0.3, 0.4) is 0 Å². The molecule has 2 rings (SSSR count). The Kier molecular flexibility index (Phi) is 6.25. The monoisotopic (exact) mass is 351 g/mol. The number of amides is 1. The highest BCUT2D eigenvalue weighted by atomic mass is 32.2. The Morgan fingerprint density at radius 2 is 2.21 bits per heavy atom. The molecule has 1 aromatic carbocycles. The van der Waals surface area contributed by atoms with Crippen LogP contribution in [0, 0.1) is 5.82 Å². The number of rotatable bonds is 7. The molecule has 0 aliphatic carbocycles. The standard InChI is InChI=1S/C17H22FN3O2S/c1-11(2)15-16(24-13-7-4-6-12(18)10-13)21(3)14(20-15)8-5-9-23-17(19)22/h4,6-7,10-11H,5,8-9H2,1-3H3,(H2,19,22). The molecular weight excluding hydrogens is 329 g/mol. The maximum Gasteiger partial charge on any atom is 0.404 e. The predicted octanol–water partition coefficient (Wildman–Crippen LogP) is 3.86. The molecule has 0 fully saturated rings. The number of aromatic nitrogens is 2. The van der Waals surface area contributed by atoms with Crippen molar-refractivity contribution < 1.29 is 13.9 Å². The molecule has 2 N–H and O–H groups in total. The molecule has 0 aliphatic rings. The SMILES string of the molecule is CC(C)c1nc(CCCOC(N)=O)n(C)c1Sc1cccc(F)c1. The summed E-state index contributed by atoms with van der Waals surface area (Å²) in [4.78, 5) is 16.2. The Morgan fingerprint density at radius 3 is 2.83 bits per heavy atom. The van der Waals surface area contributed by atoms with Crippen molar-refractivity contribution in [1.82, 2.24) is 9.55 Å². The smallest absolute Gasteiger partial charge is 0.404 e. The minimum Gasteiger partial charge on any atom is -0.450 e. The van der Waals surface area contributed by atoms with Crippen molar-refractivity contribution in [2.75, 3.05) is 6.61 Å². The number of carbonyl (C=O) groups is 1. The molecule has 7 heteroatoms. The summed E-state index contributed by atoms with van der Waals surface area (Å²) >= 11 is 1.50. The zero-order chi connectivity index (χ0) is 17.7. The highest BCUT2D eigenvalue weighted by molar-refractivity contribution is 7.99. The Labute approximate surface area is 145 Å². The van der Waals surface area contributed by atoms with E-state index in [4.69, 9.17) is 15.5 Å². The van der Waals surface area contributed by atoms with Crippen molar-refractivity contribution >= 4 is 17.9 Å². The van der Waals surface area contributed by atoms with Crippen molar-refractivity contribution in [3.63, 3.8) is 0 Å². The van der Waals surface area contributed by atoms with Gasteiger partial charge in [0.25, 0.3) is 0 Å². The molecule has 0 unspecified atom stereocenters. The molecule has 1 amide bonds. The van der Waals surface area contributed by atoms with Crippen LogP contribution in [-0.4, -0.2) is 22.3 Å². The van der Waals surface area contributed by atoms with Gasteiger partial charge in [-0.15, -0.1) is 0 Å². The van der Waals surface area contributed by atoms with E-state index in [0.29, 0.717) is 12.8 Å². The molecule has 0 bridgehead atoms. The number of ether oxygens (including phenoxy) is 1. The number of hydrogen-bond acceptors (Lipinski definition) is 4. The van der Waals surface area contributed by atoms with Crippen LogP contribution < -0.4 is 5.73 Å². The van der Waals surface area contributed by atoms with Gasteiger partial charge in [0, 0.05) is 18.4 Å².